The molecule has 0 spiro atoms. The molecule has 0 aliphatic rings. The van der Waals surface area contributed by atoms with Crippen LogP contribution < -0.4 is 11.0 Å². The molecule has 0 aromatic carbocycles. The van der Waals surface area contributed by atoms with E-state index < -0.39 is 0 Å². The zero-order valence-electron chi connectivity index (χ0n) is 10.8. The third-order valence-corrected chi connectivity index (χ3v) is 2.39. The summed E-state index contributed by atoms with van der Waals surface area (Å²) in [5.41, 5.74) is 0.202. The minimum Gasteiger partial charge on any atom is -0.310 e. The molecule has 1 aromatic heterocycles. The van der Waals surface area contributed by atoms with E-state index >= 15 is 0 Å². The molecule has 4 nitrogen and oxygen atoms in total. The number of rotatable bonds is 5. The highest BCUT2D eigenvalue weighted by atomic mass is 16.1. The summed E-state index contributed by atoms with van der Waals surface area (Å²) in [5.74, 6) is 0. The third kappa shape index (κ3) is 3.85. The van der Waals surface area contributed by atoms with E-state index in [1.807, 2.05) is 12.4 Å². The highest BCUT2D eigenvalue weighted by molar-refractivity contribution is 4.82. The second-order valence-corrected chi connectivity index (χ2v) is 5.14. The van der Waals surface area contributed by atoms with E-state index in [0.29, 0.717) is 0 Å². The molecular formula is C12H23N3O. The Labute approximate surface area is 97.3 Å². The molecule has 0 amide bonds. The van der Waals surface area contributed by atoms with Gasteiger partial charge < -0.3 is 5.32 Å². The van der Waals surface area contributed by atoms with Crippen molar-refractivity contribution in [1.82, 2.24) is 14.5 Å². The van der Waals surface area contributed by atoms with Gasteiger partial charge in [-0.05, 0) is 27.2 Å². The van der Waals surface area contributed by atoms with Crippen LogP contribution >= 0.6 is 0 Å². The number of nitrogens with zero attached hydrogens (tertiary/aromatic N) is 2. The molecule has 0 aliphatic carbocycles. The molecule has 4 heteroatoms. The molecule has 1 aromatic rings. The zero-order valence-corrected chi connectivity index (χ0v) is 10.8. The molecule has 0 bridgehead atoms. The van der Waals surface area contributed by atoms with Crippen LogP contribution in [0.15, 0.2) is 17.2 Å². The van der Waals surface area contributed by atoms with Crippen LogP contribution in [0.1, 0.15) is 34.1 Å². The predicted octanol–water partition coefficient (Wildman–Crippen LogP) is 1.45. The number of aryl methyl sites for hydroxylation is 1. The Morgan fingerprint density at radius 2 is 1.75 bits per heavy atom. The number of nitrogens with one attached hydrogen (secondary N) is 1. The lowest BCUT2D eigenvalue weighted by Gasteiger charge is -2.20. The molecule has 0 saturated carbocycles. The third-order valence-electron chi connectivity index (χ3n) is 2.39. The largest absolute Gasteiger partial charge is 0.328 e. The molecule has 1 rings (SSSR count). The van der Waals surface area contributed by atoms with Crippen molar-refractivity contribution < 1.29 is 0 Å². The maximum Gasteiger partial charge on any atom is 0.328 e. The molecule has 0 aliphatic heterocycles. The minimum absolute atomic E-state index is 0.0950. The summed E-state index contributed by atoms with van der Waals surface area (Å²) in [7, 11) is 0. The van der Waals surface area contributed by atoms with Gasteiger partial charge in [-0.15, -0.1) is 0 Å². The summed E-state index contributed by atoms with van der Waals surface area (Å²) in [4.78, 5) is 11.8. The van der Waals surface area contributed by atoms with Crippen molar-refractivity contribution >= 4 is 0 Å². The fourth-order valence-corrected chi connectivity index (χ4v) is 1.59. The summed E-state index contributed by atoms with van der Waals surface area (Å²) in [6.45, 7) is 10.8. The van der Waals surface area contributed by atoms with Crippen LogP contribution in [0.3, 0.4) is 0 Å². The van der Waals surface area contributed by atoms with Gasteiger partial charge in [0.05, 0.1) is 0 Å². The van der Waals surface area contributed by atoms with Crippen LogP contribution in [-0.2, 0) is 13.1 Å². The zero-order chi connectivity index (χ0) is 12.2. The maximum atomic E-state index is 11.8. The van der Waals surface area contributed by atoms with Crippen LogP contribution in [0.25, 0.3) is 0 Å². The maximum absolute atomic E-state index is 11.8. The number of hydrogen-bond acceptors (Lipinski definition) is 2. The van der Waals surface area contributed by atoms with Gasteiger partial charge in [-0.3, -0.25) is 9.13 Å². The first kappa shape index (κ1) is 13.0. The van der Waals surface area contributed by atoms with E-state index in [-0.39, 0.29) is 11.2 Å². The number of aromatic nitrogens is 2. The summed E-state index contributed by atoms with van der Waals surface area (Å²) in [6, 6.07) is 0. The molecule has 0 atom stereocenters. The monoisotopic (exact) mass is 225 g/mol. The molecule has 0 radical (unpaired) electrons. The topological polar surface area (TPSA) is 39.0 Å². The van der Waals surface area contributed by atoms with Crippen molar-refractivity contribution in [2.24, 2.45) is 0 Å². The molecule has 1 heterocycles. The summed E-state index contributed by atoms with van der Waals surface area (Å²) >= 11 is 0. The average Bonchev–Trinajstić information content (AvgIpc) is 2.48. The van der Waals surface area contributed by atoms with Crippen molar-refractivity contribution in [3.63, 3.8) is 0 Å². The normalized spacial score (nSPS) is 12.0. The highest BCUT2D eigenvalue weighted by Crippen LogP contribution is 1.97. The number of hydrogen-bond donors (Lipinski definition) is 1. The number of imidazole rings is 1. The average molecular weight is 225 g/mol. The van der Waals surface area contributed by atoms with Crippen molar-refractivity contribution in [2.45, 2.75) is 52.7 Å². The van der Waals surface area contributed by atoms with Gasteiger partial charge in [0.1, 0.15) is 0 Å². The van der Waals surface area contributed by atoms with Gasteiger partial charge in [-0.2, -0.15) is 0 Å². The summed E-state index contributed by atoms with van der Waals surface area (Å²) in [6.07, 6.45) is 4.72. The Kier molecular flexibility index (Phi) is 4.35. The summed E-state index contributed by atoms with van der Waals surface area (Å²) < 4.78 is 3.52. The van der Waals surface area contributed by atoms with Gasteiger partial charge in [-0.1, -0.05) is 6.92 Å². The smallest absolute Gasteiger partial charge is 0.310 e. The van der Waals surface area contributed by atoms with Gasteiger partial charge in [0.25, 0.3) is 0 Å². The Bertz CT molecular complexity index is 370. The van der Waals surface area contributed by atoms with E-state index in [1.165, 1.54) is 0 Å². The molecule has 0 fully saturated rings. The molecule has 1 N–H and O–H groups in total. The van der Waals surface area contributed by atoms with Crippen LogP contribution in [0.2, 0.25) is 0 Å². The van der Waals surface area contributed by atoms with Crippen LogP contribution in [0.5, 0.6) is 0 Å². The lowest BCUT2D eigenvalue weighted by Crippen LogP contribution is -2.39. The van der Waals surface area contributed by atoms with Crippen molar-refractivity contribution in [2.75, 3.05) is 6.54 Å². The summed E-state index contributed by atoms with van der Waals surface area (Å²) in [5, 5.41) is 3.37. The van der Waals surface area contributed by atoms with E-state index in [2.05, 4.69) is 33.0 Å². The Morgan fingerprint density at radius 1 is 1.19 bits per heavy atom. The fourth-order valence-electron chi connectivity index (χ4n) is 1.59. The standard InChI is InChI=1S/C12H23N3O/c1-5-7-14-9-10-15(11(14)16)8-6-13-12(2,3)4/h9-10,13H,5-8H2,1-4H3. The lowest BCUT2D eigenvalue weighted by molar-refractivity contribution is 0.409. The second-order valence-electron chi connectivity index (χ2n) is 5.14. The minimum atomic E-state index is 0.0950. The predicted molar refractivity (Wildman–Crippen MR) is 66.7 cm³/mol. The van der Waals surface area contributed by atoms with Gasteiger partial charge in [0.15, 0.2) is 0 Å². The van der Waals surface area contributed by atoms with Crippen LogP contribution in [0, 0.1) is 0 Å². The van der Waals surface area contributed by atoms with E-state index in [4.69, 9.17) is 0 Å². The van der Waals surface area contributed by atoms with E-state index in [1.54, 1.807) is 9.13 Å². The van der Waals surface area contributed by atoms with Crippen molar-refractivity contribution in [3.8, 4) is 0 Å². The van der Waals surface area contributed by atoms with Gasteiger partial charge in [0.2, 0.25) is 0 Å². The fraction of sp³-hybridized carbons (Fsp3) is 0.750. The van der Waals surface area contributed by atoms with E-state index in [0.717, 1.165) is 26.1 Å². The van der Waals surface area contributed by atoms with Gasteiger partial charge >= 0.3 is 5.69 Å². The van der Waals surface area contributed by atoms with Gasteiger partial charge in [-0.25, -0.2) is 4.79 Å². The quantitative estimate of drug-likeness (QED) is 0.823. The first-order chi connectivity index (χ1) is 7.44. The van der Waals surface area contributed by atoms with Crippen LogP contribution in [0.4, 0.5) is 0 Å². The van der Waals surface area contributed by atoms with Crippen LogP contribution in [-0.4, -0.2) is 21.2 Å². The second kappa shape index (κ2) is 5.34. The Morgan fingerprint density at radius 3 is 2.25 bits per heavy atom. The molecule has 0 saturated heterocycles. The van der Waals surface area contributed by atoms with Crippen molar-refractivity contribution in [1.29, 1.82) is 0 Å². The molecular weight excluding hydrogens is 202 g/mol. The molecule has 16 heavy (non-hydrogen) atoms. The van der Waals surface area contributed by atoms with Gasteiger partial charge in [0, 0.05) is 37.6 Å². The first-order valence-electron chi connectivity index (χ1n) is 5.94. The highest BCUT2D eigenvalue weighted by Gasteiger charge is 2.08. The Hall–Kier alpha value is -1.03. The molecule has 92 valence electrons. The van der Waals surface area contributed by atoms with Crippen molar-refractivity contribution in [3.05, 3.63) is 22.9 Å². The molecule has 0 unspecified atom stereocenters. The van der Waals surface area contributed by atoms with E-state index in [9.17, 15) is 4.79 Å². The Balaban J connectivity index is 2.52. The SMILES string of the molecule is CCCn1ccn(CCNC(C)(C)C)c1=O. The lowest BCUT2D eigenvalue weighted by atomic mass is 10.1. The first-order valence-corrected chi connectivity index (χ1v) is 5.94.